The summed E-state index contributed by atoms with van der Waals surface area (Å²) >= 11 is 0. The van der Waals surface area contributed by atoms with Crippen LogP contribution in [0.4, 0.5) is 0 Å². The normalized spacial score (nSPS) is 15.7. The molecule has 3 heterocycles. The van der Waals surface area contributed by atoms with Crippen molar-refractivity contribution in [1.29, 1.82) is 0 Å². The first-order valence-electron chi connectivity index (χ1n) is 8.13. The second-order valence-electron chi connectivity index (χ2n) is 6.65. The number of nitrogens with one attached hydrogen (secondary N) is 1. The van der Waals surface area contributed by atoms with Gasteiger partial charge in [-0.3, -0.25) is 4.79 Å². The monoisotopic (exact) mass is 334 g/mol. The number of benzene rings is 1. The van der Waals surface area contributed by atoms with Gasteiger partial charge in [0.2, 0.25) is 5.82 Å². The Labute approximate surface area is 145 Å². The van der Waals surface area contributed by atoms with Gasteiger partial charge in [0.1, 0.15) is 5.69 Å². The molecular formula is C18H18N6O. The molecule has 0 radical (unpaired) electrons. The summed E-state index contributed by atoms with van der Waals surface area (Å²) in [7, 11) is 0. The molecule has 4 rings (SSSR count). The van der Waals surface area contributed by atoms with E-state index in [0.717, 1.165) is 5.56 Å². The van der Waals surface area contributed by atoms with Gasteiger partial charge in [0.25, 0.3) is 5.91 Å². The first-order valence-corrected chi connectivity index (χ1v) is 8.13. The van der Waals surface area contributed by atoms with Crippen LogP contribution in [0.15, 0.2) is 42.5 Å². The zero-order valence-electron chi connectivity index (χ0n) is 14.1. The molecule has 0 atom stereocenters. The SMILES string of the molecule is Cc1nc(C(=O)N2CC(C)(c3ccccc3)C2)ccc1-c1nn[nH]n1. The van der Waals surface area contributed by atoms with Crippen LogP contribution in [0, 0.1) is 6.92 Å². The number of H-pyrrole nitrogens is 1. The van der Waals surface area contributed by atoms with E-state index >= 15 is 0 Å². The highest BCUT2D eigenvalue weighted by Gasteiger charge is 2.42. The number of hydrogen-bond donors (Lipinski definition) is 1. The van der Waals surface area contributed by atoms with Crippen molar-refractivity contribution in [3.05, 3.63) is 59.4 Å². The van der Waals surface area contributed by atoms with Crippen molar-refractivity contribution >= 4 is 5.91 Å². The number of rotatable bonds is 3. The molecule has 1 saturated heterocycles. The summed E-state index contributed by atoms with van der Waals surface area (Å²) in [5, 5.41) is 13.9. The molecule has 0 saturated carbocycles. The van der Waals surface area contributed by atoms with E-state index in [1.807, 2.05) is 36.1 Å². The van der Waals surface area contributed by atoms with Gasteiger partial charge in [-0.15, -0.1) is 10.2 Å². The Morgan fingerprint density at radius 3 is 2.56 bits per heavy atom. The predicted octanol–water partition coefficient (Wildman–Crippen LogP) is 1.98. The lowest BCUT2D eigenvalue weighted by Gasteiger charge is -2.48. The average Bonchev–Trinajstić information content (AvgIpc) is 3.13. The third kappa shape index (κ3) is 2.67. The summed E-state index contributed by atoms with van der Waals surface area (Å²) in [5.74, 6) is 0.431. The highest BCUT2D eigenvalue weighted by molar-refractivity contribution is 5.93. The van der Waals surface area contributed by atoms with Crippen molar-refractivity contribution in [2.75, 3.05) is 13.1 Å². The zero-order chi connectivity index (χ0) is 17.4. The number of amides is 1. The highest BCUT2D eigenvalue weighted by atomic mass is 16.2. The standard InChI is InChI=1S/C18H18N6O/c1-12-14(16-20-22-23-21-16)8-9-15(19-12)17(25)24-10-18(2,11-24)13-6-4-3-5-7-13/h3-9H,10-11H2,1-2H3,(H,20,21,22,23). The van der Waals surface area contributed by atoms with Crippen LogP contribution in [0.5, 0.6) is 0 Å². The lowest BCUT2D eigenvalue weighted by Crippen LogP contribution is -2.59. The van der Waals surface area contributed by atoms with E-state index in [1.165, 1.54) is 5.56 Å². The van der Waals surface area contributed by atoms with Gasteiger partial charge in [-0.2, -0.15) is 5.21 Å². The Kier molecular flexibility index (Phi) is 3.56. The number of tetrazole rings is 1. The summed E-state index contributed by atoms with van der Waals surface area (Å²) in [6.07, 6.45) is 0. The smallest absolute Gasteiger partial charge is 0.272 e. The molecule has 7 nitrogen and oxygen atoms in total. The number of aromatic amines is 1. The van der Waals surface area contributed by atoms with E-state index in [4.69, 9.17) is 0 Å². The maximum absolute atomic E-state index is 12.7. The van der Waals surface area contributed by atoms with Crippen LogP contribution < -0.4 is 0 Å². The minimum Gasteiger partial charge on any atom is -0.335 e. The Hall–Kier alpha value is -3.09. The Morgan fingerprint density at radius 2 is 1.92 bits per heavy atom. The van der Waals surface area contributed by atoms with Crippen LogP contribution in [0.2, 0.25) is 0 Å². The zero-order valence-corrected chi connectivity index (χ0v) is 14.1. The lowest BCUT2D eigenvalue weighted by atomic mass is 9.75. The molecule has 25 heavy (non-hydrogen) atoms. The van der Waals surface area contributed by atoms with E-state index in [9.17, 15) is 4.79 Å². The quantitative estimate of drug-likeness (QED) is 0.791. The van der Waals surface area contributed by atoms with E-state index < -0.39 is 0 Å². The number of hydrogen-bond acceptors (Lipinski definition) is 5. The second-order valence-corrected chi connectivity index (χ2v) is 6.65. The van der Waals surface area contributed by atoms with Crippen LogP contribution in [-0.2, 0) is 5.41 Å². The molecule has 1 amide bonds. The summed E-state index contributed by atoms with van der Waals surface area (Å²) in [6, 6.07) is 13.8. The minimum absolute atomic E-state index is 0.0105. The number of nitrogens with zero attached hydrogens (tertiary/aromatic N) is 5. The van der Waals surface area contributed by atoms with Gasteiger partial charge in [0, 0.05) is 29.8 Å². The van der Waals surface area contributed by atoms with Crippen molar-refractivity contribution in [2.45, 2.75) is 19.3 Å². The van der Waals surface area contributed by atoms with Crippen LogP contribution >= 0.6 is 0 Å². The molecule has 1 N–H and O–H groups in total. The van der Waals surface area contributed by atoms with E-state index in [-0.39, 0.29) is 11.3 Å². The highest BCUT2D eigenvalue weighted by Crippen LogP contribution is 2.34. The van der Waals surface area contributed by atoms with E-state index in [0.29, 0.717) is 30.3 Å². The molecule has 2 aromatic heterocycles. The van der Waals surface area contributed by atoms with Crippen LogP contribution in [0.1, 0.15) is 28.7 Å². The molecule has 0 bridgehead atoms. The van der Waals surface area contributed by atoms with Gasteiger partial charge in [-0.25, -0.2) is 4.98 Å². The van der Waals surface area contributed by atoms with Crippen LogP contribution in [0.3, 0.4) is 0 Å². The predicted molar refractivity (Wildman–Crippen MR) is 91.8 cm³/mol. The van der Waals surface area contributed by atoms with Crippen LogP contribution in [-0.4, -0.2) is 49.5 Å². The molecular weight excluding hydrogens is 316 g/mol. The topological polar surface area (TPSA) is 87.7 Å². The number of pyridine rings is 1. The number of likely N-dealkylation sites (tertiary alicyclic amines) is 1. The molecule has 3 aromatic rings. The van der Waals surface area contributed by atoms with Crippen molar-refractivity contribution in [2.24, 2.45) is 0 Å². The van der Waals surface area contributed by atoms with Gasteiger partial charge >= 0.3 is 0 Å². The van der Waals surface area contributed by atoms with Gasteiger partial charge in [0.05, 0.1) is 0 Å². The third-order valence-electron chi connectivity index (χ3n) is 4.73. The lowest BCUT2D eigenvalue weighted by molar-refractivity contribution is 0.0427. The van der Waals surface area contributed by atoms with Crippen LogP contribution in [0.25, 0.3) is 11.4 Å². The fourth-order valence-corrected chi connectivity index (χ4v) is 3.32. The largest absolute Gasteiger partial charge is 0.335 e. The van der Waals surface area contributed by atoms with E-state index in [1.54, 1.807) is 6.07 Å². The Balaban J connectivity index is 1.50. The molecule has 1 aliphatic heterocycles. The van der Waals surface area contributed by atoms with Crippen molar-refractivity contribution < 1.29 is 4.79 Å². The molecule has 1 aliphatic rings. The number of carbonyl (C=O) groups is 1. The molecule has 1 aromatic carbocycles. The van der Waals surface area contributed by atoms with Crippen molar-refractivity contribution in [1.82, 2.24) is 30.5 Å². The fraction of sp³-hybridized carbons (Fsp3) is 0.278. The molecule has 0 aliphatic carbocycles. The van der Waals surface area contributed by atoms with E-state index in [2.05, 4.69) is 44.7 Å². The minimum atomic E-state index is -0.0452. The average molecular weight is 334 g/mol. The number of carbonyl (C=O) groups excluding carboxylic acids is 1. The Bertz CT molecular complexity index is 901. The van der Waals surface area contributed by atoms with Gasteiger partial charge in [0.15, 0.2) is 0 Å². The summed E-state index contributed by atoms with van der Waals surface area (Å²) < 4.78 is 0. The van der Waals surface area contributed by atoms with Crippen molar-refractivity contribution in [3.63, 3.8) is 0 Å². The number of aryl methyl sites for hydroxylation is 1. The van der Waals surface area contributed by atoms with Gasteiger partial charge in [-0.05, 0) is 29.8 Å². The summed E-state index contributed by atoms with van der Waals surface area (Å²) in [6.45, 7) is 5.42. The Morgan fingerprint density at radius 1 is 1.16 bits per heavy atom. The third-order valence-corrected chi connectivity index (χ3v) is 4.73. The molecule has 126 valence electrons. The van der Waals surface area contributed by atoms with Gasteiger partial charge in [-0.1, -0.05) is 37.3 Å². The molecule has 7 heteroatoms. The first kappa shape index (κ1) is 15.4. The van der Waals surface area contributed by atoms with Gasteiger partial charge < -0.3 is 4.90 Å². The molecule has 1 fully saturated rings. The maximum Gasteiger partial charge on any atom is 0.272 e. The van der Waals surface area contributed by atoms with Crippen molar-refractivity contribution in [3.8, 4) is 11.4 Å². The molecule has 0 spiro atoms. The molecule has 0 unspecified atom stereocenters. The summed E-state index contributed by atoms with van der Waals surface area (Å²) in [4.78, 5) is 19.0. The first-order chi connectivity index (χ1) is 12.1. The fourth-order valence-electron chi connectivity index (χ4n) is 3.32. The maximum atomic E-state index is 12.7. The second kappa shape index (κ2) is 5.77. The number of aromatic nitrogens is 5. The summed E-state index contributed by atoms with van der Waals surface area (Å²) in [5.41, 5.74) is 3.19.